The largest absolute Gasteiger partial charge is 0.417 e. The summed E-state index contributed by atoms with van der Waals surface area (Å²) < 4.78 is 69.9. The van der Waals surface area contributed by atoms with Gasteiger partial charge in [-0.3, -0.25) is 13.9 Å². The van der Waals surface area contributed by atoms with Gasteiger partial charge in [-0.2, -0.15) is 13.2 Å². The summed E-state index contributed by atoms with van der Waals surface area (Å²) >= 11 is 18.6. The molecule has 44 heavy (non-hydrogen) atoms. The molecule has 0 saturated carbocycles. The van der Waals surface area contributed by atoms with Crippen LogP contribution >= 0.6 is 34.8 Å². The van der Waals surface area contributed by atoms with Crippen LogP contribution in [0.1, 0.15) is 43.4 Å². The van der Waals surface area contributed by atoms with E-state index in [-0.39, 0.29) is 27.9 Å². The smallest absolute Gasteiger partial charge is 0.354 e. The Morgan fingerprint density at radius 2 is 1.55 bits per heavy atom. The first-order valence-corrected chi connectivity index (χ1v) is 16.1. The van der Waals surface area contributed by atoms with E-state index in [9.17, 15) is 31.2 Å². The highest BCUT2D eigenvalue weighted by atomic mass is 35.5. The van der Waals surface area contributed by atoms with Crippen molar-refractivity contribution in [3.8, 4) is 0 Å². The second-order valence-corrected chi connectivity index (χ2v) is 13.0. The quantitative estimate of drug-likeness (QED) is 0.213. The minimum absolute atomic E-state index is 0.132. The Hall–Kier alpha value is -2.99. The van der Waals surface area contributed by atoms with Gasteiger partial charge in [0, 0.05) is 28.7 Å². The SMILES string of the molecule is CCCNC(=O)[C@@H](CC)N(Cc1c(Cl)cccc1Cl)C(=O)CN(c1ccc(Cl)c(C(F)(F)F)c1)S(=O)(=O)c1ccc(C)cc1. The number of carbonyl (C=O) groups excluding carboxylic acids is 2. The number of alkyl halides is 3. The number of hydrogen-bond acceptors (Lipinski definition) is 4. The maximum atomic E-state index is 14.1. The van der Waals surface area contributed by atoms with E-state index in [1.54, 1.807) is 32.0 Å². The fourth-order valence-electron chi connectivity index (χ4n) is 4.39. The molecule has 7 nitrogen and oxygen atoms in total. The summed E-state index contributed by atoms with van der Waals surface area (Å²) in [5.41, 5.74) is -0.679. The number of nitrogens with zero attached hydrogens (tertiary/aromatic N) is 2. The third kappa shape index (κ3) is 8.38. The van der Waals surface area contributed by atoms with Gasteiger partial charge in [-0.05, 0) is 62.2 Å². The minimum atomic E-state index is -4.91. The second kappa shape index (κ2) is 14.9. The fourth-order valence-corrected chi connectivity index (χ4v) is 6.54. The highest BCUT2D eigenvalue weighted by molar-refractivity contribution is 7.92. The molecule has 3 rings (SSSR count). The van der Waals surface area contributed by atoms with Crippen LogP contribution in [0.4, 0.5) is 18.9 Å². The summed E-state index contributed by atoms with van der Waals surface area (Å²) in [7, 11) is -4.61. The number of benzene rings is 3. The van der Waals surface area contributed by atoms with Gasteiger partial charge in [0.2, 0.25) is 11.8 Å². The van der Waals surface area contributed by atoms with E-state index in [0.29, 0.717) is 28.9 Å². The number of anilines is 1. The number of amides is 2. The molecule has 1 N–H and O–H groups in total. The van der Waals surface area contributed by atoms with Crippen LogP contribution in [0.3, 0.4) is 0 Å². The topological polar surface area (TPSA) is 86.8 Å². The van der Waals surface area contributed by atoms with Crippen molar-refractivity contribution in [2.75, 3.05) is 17.4 Å². The van der Waals surface area contributed by atoms with Crippen LogP contribution in [0.15, 0.2) is 65.6 Å². The summed E-state index contributed by atoms with van der Waals surface area (Å²) in [4.78, 5) is 28.2. The number of halogens is 6. The molecule has 2 amide bonds. The van der Waals surface area contributed by atoms with Crippen LogP contribution in [0.5, 0.6) is 0 Å². The van der Waals surface area contributed by atoms with E-state index in [2.05, 4.69) is 5.32 Å². The molecule has 0 heterocycles. The van der Waals surface area contributed by atoms with Crippen LogP contribution in [0, 0.1) is 6.92 Å². The molecule has 0 spiro atoms. The van der Waals surface area contributed by atoms with E-state index in [1.165, 1.54) is 24.3 Å². The number of rotatable bonds is 12. The van der Waals surface area contributed by atoms with Crippen molar-refractivity contribution in [1.82, 2.24) is 10.2 Å². The van der Waals surface area contributed by atoms with E-state index in [1.807, 2.05) is 6.92 Å². The molecular weight excluding hydrogens is 662 g/mol. The molecule has 3 aromatic carbocycles. The zero-order chi connectivity index (χ0) is 32.8. The maximum Gasteiger partial charge on any atom is 0.417 e. The number of carbonyl (C=O) groups is 2. The van der Waals surface area contributed by atoms with Gasteiger partial charge < -0.3 is 10.2 Å². The van der Waals surface area contributed by atoms with Gasteiger partial charge in [0.1, 0.15) is 12.6 Å². The Morgan fingerprint density at radius 1 is 0.932 bits per heavy atom. The Balaban J connectivity index is 2.18. The Morgan fingerprint density at radius 3 is 2.09 bits per heavy atom. The zero-order valence-electron chi connectivity index (χ0n) is 24.1. The van der Waals surface area contributed by atoms with Crippen molar-refractivity contribution >= 4 is 62.3 Å². The number of hydrogen-bond donors (Lipinski definition) is 1. The molecule has 3 aromatic rings. The minimum Gasteiger partial charge on any atom is -0.354 e. The first-order chi connectivity index (χ1) is 20.6. The Bertz CT molecular complexity index is 1580. The lowest BCUT2D eigenvalue weighted by molar-refractivity contribution is -0.140. The molecule has 0 saturated heterocycles. The van der Waals surface area contributed by atoms with Crippen molar-refractivity contribution in [1.29, 1.82) is 0 Å². The Labute approximate surface area is 269 Å². The van der Waals surface area contributed by atoms with Crippen molar-refractivity contribution < 1.29 is 31.2 Å². The number of nitrogens with one attached hydrogen (secondary N) is 1. The normalized spacial score (nSPS) is 12.5. The molecule has 0 aliphatic heterocycles. The summed E-state index contributed by atoms with van der Waals surface area (Å²) in [5, 5.41) is 2.50. The monoisotopic (exact) mass is 691 g/mol. The van der Waals surface area contributed by atoms with Crippen molar-refractivity contribution in [3.63, 3.8) is 0 Å². The second-order valence-electron chi connectivity index (χ2n) is 9.92. The third-order valence-corrected chi connectivity index (χ3v) is 9.58. The van der Waals surface area contributed by atoms with E-state index >= 15 is 0 Å². The predicted octanol–water partition coefficient (Wildman–Crippen LogP) is 7.50. The van der Waals surface area contributed by atoms with Gasteiger partial charge in [-0.25, -0.2) is 8.42 Å². The average molecular weight is 693 g/mol. The summed E-state index contributed by atoms with van der Waals surface area (Å²) in [6, 6.07) is 11.8. The highest BCUT2D eigenvalue weighted by Gasteiger charge is 2.37. The van der Waals surface area contributed by atoms with Gasteiger partial charge in [-0.15, -0.1) is 0 Å². The van der Waals surface area contributed by atoms with Gasteiger partial charge >= 0.3 is 6.18 Å². The summed E-state index contributed by atoms with van der Waals surface area (Å²) in [6.07, 6.45) is -4.16. The number of aryl methyl sites for hydroxylation is 1. The van der Waals surface area contributed by atoms with Gasteiger partial charge in [-0.1, -0.05) is 72.4 Å². The van der Waals surface area contributed by atoms with Crippen LogP contribution in [-0.2, 0) is 32.3 Å². The lowest BCUT2D eigenvalue weighted by atomic mass is 10.1. The van der Waals surface area contributed by atoms with Crippen molar-refractivity contribution in [2.45, 2.75) is 57.3 Å². The van der Waals surface area contributed by atoms with E-state index in [0.717, 1.165) is 22.6 Å². The van der Waals surface area contributed by atoms with Gasteiger partial charge in [0.25, 0.3) is 10.0 Å². The molecule has 238 valence electrons. The highest BCUT2D eigenvalue weighted by Crippen LogP contribution is 2.38. The van der Waals surface area contributed by atoms with E-state index < -0.39 is 56.9 Å². The fraction of sp³-hybridized carbons (Fsp3) is 0.333. The molecule has 0 unspecified atom stereocenters. The maximum absolute atomic E-state index is 14.1. The molecule has 14 heteroatoms. The molecule has 0 fully saturated rings. The molecule has 0 aliphatic rings. The molecule has 0 aliphatic carbocycles. The zero-order valence-corrected chi connectivity index (χ0v) is 27.2. The molecule has 0 aromatic heterocycles. The van der Waals surface area contributed by atoms with Crippen LogP contribution in [0.25, 0.3) is 0 Å². The molecule has 0 bridgehead atoms. The lowest BCUT2D eigenvalue weighted by Gasteiger charge is -2.33. The van der Waals surface area contributed by atoms with Crippen LogP contribution < -0.4 is 9.62 Å². The van der Waals surface area contributed by atoms with Crippen molar-refractivity contribution in [3.05, 3.63) is 92.4 Å². The molecule has 0 radical (unpaired) electrons. The first-order valence-electron chi connectivity index (χ1n) is 13.6. The van der Waals surface area contributed by atoms with Gasteiger partial charge in [0.05, 0.1) is 21.2 Å². The Kier molecular flexibility index (Phi) is 12.0. The first kappa shape index (κ1) is 35.5. The summed E-state index contributed by atoms with van der Waals surface area (Å²) in [6.45, 7) is 4.35. The van der Waals surface area contributed by atoms with Crippen molar-refractivity contribution in [2.24, 2.45) is 0 Å². The molecular formula is C30H31Cl3F3N3O4S. The number of sulfonamides is 1. The molecule has 1 atom stereocenters. The third-order valence-electron chi connectivity index (χ3n) is 6.76. The average Bonchev–Trinajstić information content (AvgIpc) is 2.96. The van der Waals surface area contributed by atoms with Gasteiger partial charge in [0.15, 0.2) is 0 Å². The lowest BCUT2D eigenvalue weighted by Crippen LogP contribution is -2.52. The van der Waals surface area contributed by atoms with Crippen LogP contribution in [0.2, 0.25) is 15.1 Å². The predicted molar refractivity (Wildman–Crippen MR) is 167 cm³/mol. The van der Waals surface area contributed by atoms with E-state index in [4.69, 9.17) is 34.8 Å². The van der Waals surface area contributed by atoms with Crippen LogP contribution in [-0.4, -0.2) is 44.3 Å². The standard InChI is InChI=1S/C30H31Cl3F3N3O4S/c1-4-15-37-29(41)27(5-2)38(17-22-24(31)7-6-8-25(22)32)28(40)18-39(44(42,43)21-12-9-19(3)10-13-21)20-11-14-26(33)23(16-20)30(34,35)36/h6-14,16,27H,4-5,15,17-18H2,1-3H3,(H,37,41)/t27-/m1/s1. The summed E-state index contributed by atoms with van der Waals surface area (Å²) in [5.74, 6) is -1.37.